The number of carbonyl (C=O) groups is 2. The number of rotatable bonds is 10. The normalized spacial score (nSPS) is 11.4. The van der Waals surface area contributed by atoms with E-state index < -0.39 is 24.5 Å². The number of amides is 1. The maximum absolute atomic E-state index is 12.8. The molecule has 0 spiro atoms. The quantitative estimate of drug-likeness (QED) is 0.465. The first-order valence-electron chi connectivity index (χ1n) is 9.69. The molecule has 0 aliphatic heterocycles. The van der Waals surface area contributed by atoms with Crippen LogP contribution in [0.5, 0.6) is 11.5 Å². The van der Waals surface area contributed by atoms with Crippen molar-refractivity contribution >= 4 is 11.9 Å². The lowest BCUT2D eigenvalue weighted by Crippen LogP contribution is -2.43. The lowest BCUT2D eigenvalue weighted by Gasteiger charge is -2.18. The molecule has 0 heterocycles. The van der Waals surface area contributed by atoms with Crippen LogP contribution in [-0.2, 0) is 18.0 Å². The Labute approximate surface area is 179 Å². The van der Waals surface area contributed by atoms with Gasteiger partial charge in [-0.25, -0.2) is 4.79 Å². The van der Waals surface area contributed by atoms with E-state index in [1.807, 2.05) is 60.7 Å². The number of aliphatic hydroxyl groups excluding tert-OH is 1. The number of ether oxygens (including phenoxy) is 2. The van der Waals surface area contributed by atoms with Crippen LogP contribution in [0, 0.1) is 0 Å². The van der Waals surface area contributed by atoms with Crippen molar-refractivity contribution < 1.29 is 29.3 Å². The topological polar surface area (TPSA) is 105 Å². The maximum atomic E-state index is 12.8. The molecule has 160 valence electrons. The van der Waals surface area contributed by atoms with E-state index in [2.05, 4.69) is 5.32 Å². The van der Waals surface area contributed by atoms with E-state index in [9.17, 15) is 14.7 Å². The highest BCUT2D eigenvalue weighted by molar-refractivity contribution is 5.99. The molecule has 3 rings (SSSR count). The Bertz CT molecular complexity index is 1010. The van der Waals surface area contributed by atoms with Crippen molar-refractivity contribution in [3.8, 4) is 11.5 Å². The van der Waals surface area contributed by atoms with Crippen LogP contribution in [0.3, 0.4) is 0 Å². The van der Waals surface area contributed by atoms with Crippen molar-refractivity contribution in [3.05, 3.63) is 95.6 Å². The van der Waals surface area contributed by atoms with Gasteiger partial charge in [0.15, 0.2) is 17.5 Å². The summed E-state index contributed by atoms with van der Waals surface area (Å²) in [5.74, 6) is -1.47. The van der Waals surface area contributed by atoms with Crippen molar-refractivity contribution in [2.24, 2.45) is 0 Å². The Kier molecular flexibility index (Phi) is 7.61. The molecule has 0 aliphatic rings. The first-order chi connectivity index (χ1) is 15.1. The van der Waals surface area contributed by atoms with Gasteiger partial charge in [0.1, 0.15) is 13.2 Å². The van der Waals surface area contributed by atoms with Crippen molar-refractivity contribution in [3.63, 3.8) is 0 Å². The van der Waals surface area contributed by atoms with E-state index in [4.69, 9.17) is 14.6 Å². The number of para-hydroxylation sites is 1. The standard InChI is InChI=1S/C24H23NO6/c26-14-20(24(28)29)25-23(27)19-12-7-13-21(30-15-17-8-3-1-4-9-17)22(19)31-16-18-10-5-2-6-11-18/h1-13,20,26H,14-16H2,(H,25,27)(H,28,29)/t20-/m0/s1. The summed E-state index contributed by atoms with van der Waals surface area (Å²) < 4.78 is 11.9. The third kappa shape index (κ3) is 6.07. The Hall–Kier alpha value is -3.84. The molecule has 0 aromatic heterocycles. The third-order valence-electron chi connectivity index (χ3n) is 4.47. The van der Waals surface area contributed by atoms with E-state index in [0.29, 0.717) is 5.75 Å². The molecule has 0 bridgehead atoms. The van der Waals surface area contributed by atoms with Gasteiger partial charge < -0.3 is 25.0 Å². The highest BCUT2D eigenvalue weighted by Crippen LogP contribution is 2.33. The molecule has 3 N–H and O–H groups in total. The Morgan fingerprint density at radius 2 is 1.39 bits per heavy atom. The summed E-state index contributed by atoms with van der Waals surface area (Å²) in [5, 5.41) is 20.6. The monoisotopic (exact) mass is 421 g/mol. The van der Waals surface area contributed by atoms with Gasteiger partial charge in [0.25, 0.3) is 5.91 Å². The average Bonchev–Trinajstić information content (AvgIpc) is 2.81. The summed E-state index contributed by atoms with van der Waals surface area (Å²) in [7, 11) is 0. The minimum absolute atomic E-state index is 0.112. The van der Waals surface area contributed by atoms with Gasteiger partial charge >= 0.3 is 5.97 Å². The predicted octanol–water partition coefficient (Wildman–Crippen LogP) is 3.02. The molecule has 0 saturated heterocycles. The lowest BCUT2D eigenvalue weighted by atomic mass is 10.1. The Morgan fingerprint density at radius 1 is 0.806 bits per heavy atom. The summed E-state index contributed by atoms with van der Waals surface area (Å²) in [6.45, 7) is -0.275. The highest BCUT2D eigenvalue weighted by atomic mass is 16.5. The largest absolute Gasteiger partial charge is 0.485 e. The summed E-state index contributed by atoms with van der Waals surface area (Å²) in [4.78, 5) is 23.9. The van der Waals surface area contributed by atoms with Crippen molar-refractivity contribution in [2.45, 2.75) is 19.3 Å². The molecular weight excluding hydrogens is 398 g/mol. The van der Waals surface area contributed by atoms with Gasteiger partial charge in [0, 0.05) is 0 Å². The van der Waals surface area contributed by atoms with Gasteiger partial charge in [-0.3, -0.25) is 4.79 Å². The van der Waals surface area contributed by atoms with Crippen LogP contribution in [0.15, 0.2) is 78.9 Å². The van der Waals surface area contributed by atoms with Crippen LogP contribution in [-0.4, -0.2) is 34.7 Å². The van der Waals surface area contributed by atoms with Crippen molar-refractivity contribution in [1.82, 2.24) is 5.32 Å². The fourth-order valence-corrected chi connectivity index (χ4v) is 2.84. The first-order valence-corrected chi connectivity index (χ1v) is 9.69. The van der Waals surface area contributed by atoms with E-state index >= 15 is 0 Å². The minimum atomic E-state index is -1.43. The molecule has 0 fully saturated rings. The van der Waals surface area contributed by atoms with Gasteiger partial charge in [0.2, 0.25) is 0 Å². The molecule has 31 heavy (non-hydrogen) atoms. The average molecular weight is 421 g/mol. The molecule has 0 radical (unpaired) electrons. The molecule has 7 nitrogen and oxygen atoms in total. The van der Waals surface area contributed by atoms with Gasteiger partial charge in [0.05, 0.1) is 12.2 Å². The van der Waals surface area contributed by atoms with Crippen LogP contribution in [0.4, 0.5) is 0 Å². The zero-order valence-corrected chi connectivity index (χ0v) is 16.7. The van der Waals surface area contributed by atoms with Crippen LogP contribution in [0.25, 0.3) is 0 Å². The molecular formula is C24H23NO6. The Balaban J connectivity index is 1.87. The molecule has 3 aromatic rings. The van der Waals surface area contributed by atoms with Crippen LogP contribution in [0.1, 0.15) is 21.5 Å². The SMILES string of the molecule is O=C(N[C@@H](CO)C(=O)O)c1cccc(OCc2ccccc2)c1OCc1ccccc1. The van der Waals surface area contributed by atoms with Crippen LogP contribution < -0.4 is 14.8 Å². The summed E-state index contributed by atoms with van der Waals surface area (Å²) in [6, 6.07) is 22.4. The number of hydrogen-bond donors (Lipinski definition) is 3. The second-order valence-electron chi connectivity index (χ2n) is 6.73. The molecule has 1 amide bonds. The second-order valence-corrected chi connectivity index (χ2v) is 6.73. The lowest BCUT2D eigenvalue weighted by molar-refractivity contribution is -0.140. The number of aliphatic hydroxyl groups is 1. The van der Waals surface area contributed by atoms with Crippen LogP contribution >= 0.6 is 0 Å². The zero-order chi connectivity index (χ0) is 22.1. The number of carbonyl (C=O) groups excluding carboxylic acids is 1. The van der Waals surface area contributed by atoms with Gasteiger partial charge in [-0.1, -0.05) is 66.7 Å². The number of benzene rings is 3. The molecule has 7 heteroatoms. The third-order valence-corrected chi connectivity index (χ3v) is 4.47. The van der Waals surface area contributed by atoms with E-state index in [0.717, 1.165) is 11.1 Å². The van der Waals surface area contributed by atoms with E-state index in [1.165, 1.54) is 6.07 Å². The summed E-state index contributed by atoms with van der Waals surface area (Å²) in [6.07, 6.45) is 0. The van der Waals surface area contributed by atoms with Gasteiger partial charge in [-0.05, 0) is 23.3 Å². The number of carboxylic acid groups (broad SMARTS) is 1. The molecule has 0 unspecified atom stereocenters. The van der Waals surface area contributed by atoms with E-state index in [-0.39, 0.29) is 24.5 Å². The molecule has 0 saturated carbocycles. The smallest absolute Gasteiger partial charge is 0.328 e. The number of hydrogen-bond acceptors (Lipinski definition) is 5. The zero-order valence-electron chi connectivity index (χ0n) is 16.7. The second kappa shape index (κ2) is 10.8. The predicted molar refractivity (Wildman–Crippen MR) is 114 cm³/mol. The Morgan fingerprint density at radius 3 is 1.94 bits per heavy atom. The fourth-order valence-electron chi connectivity index (χ4n) is 2.84. The highest BCUT2D eigenvalue weighted by Gasteiger charge is 2.23. The molecule has 3 aromatic carbocycles. The maximum Gasteiger partial charge on any atom is 0.328 e. The number of carboxylic acids is 1. The summed E-state index contributed by atoms with van der Waals surface area (Å²) in [5.41, 5.74) is 1.95. The number of nitrogens with one attached hydrogen (secondary N) is 1. The molecule has 0 aliphatic carbocycles. The number of aliphatic carboxylic acids is 1. The van der Waals surface area contributed by atoms with Crippen molar-refractivity contribution in [2.75, 3.05) is 6.61 Å². The fraction of sp³-hybridized carbons (Fsp3) is 0.167. The van der Waals surface area contributed by atoms with Crippen LogP contribution in [0.2, 0.25) is 0 Å². The molecule has 1 atom stereocenters. The van der Waals surface area contributed by atoms with Gasteiger partial charge in [-0.15, -0.1) is 0 Å². The minimum Gasteiger partial charge on any atom is -0.485 e. The van der Waals surface area contributed by atoms with Gasteiger partial charge in [-0.2, -0.15) is 0 Å². The first kappa shape index (κ1) is 21.9. The van der Waals surface area contributed by atoms with Crippen molar-refractivity contribution in [1.29, 1.82) is 0 Å². The van der Waals surface area contributed by atoms with E-state index in [1.54, 1.807) is 12.1 Å². The summed E-state index contributed by atoms with van der Waals surface area (Å²) >= 11 is 0.